The molecule has 0 N–H and O–H groups in total. The Bertz CT molecular complexity index is 162. The standard InChI is InChI=1S/C5H10OP2/c1-5-3-2-4-8(5,6)7/h1-4,7H2/t8-/m0/s1. The van der Waals surface area contributed by atoms with Gasteiger partial charge in [-0.15, -0.1) is 0 Å². The van der Waals surface area contributed by atoms with E-state index in [0.29, 0.717) is 0 Å². The van der Waals surface area contributed by atoms with Crippen LogP contribution < -0.4 is 0 Å². The van der Waals surface area contributed by atoms with Crippen LogP contribution in [0.1, 0.15) is 12.8 Å². The first-order valence-corrected chi connectivity index (χ1v) is 6.20. The molecule has 3 heteroatoms. The smallest absolute Gasteiger partial charge is 0.125 e. The first kappa shape index (κ1) is 6.52. The van der Waals surface area contributed by atoms with Crippen LogP contribution in [0.25, 0.3) is 0 Å². The van der Waals surface area contributed by atoms with Gasteiger partial charge in [0.2, 0.25) is 0 Å². The summed E-state index contributed by atoms with van der Waals surface area (Å²) in [5.74, 6) is 0. The van der Waals surface area contributed by atoms with Crippen LogP contribution in [0.4, 0.5) is 0 Å². The number of hydrogen-bond acceptors (Lipinski definition) is 1. The van der Waals surface area contributed by atoms with E-state index in [-0.39, 0.29) is 0 Å². The van der Waals surface area contributed by atoms with Crippen molar-refractivity contribution in [3.8, 4) is 0 Å². The van der Waals surface area contributed by atoms with Crippen LogP contribution in [-0.2, 0) is 4.57 Å². The molecule has 1 fully saturated rings. The van der Waals surface area contributed by atoms with Crippen LogP contribution in [0.2, 0.25) is 0 Å². The van der Waals surface area contributed by atoms with Crippen molar-refractivity contribution in [2.75, 3.05) is 6.16 Å². The van der Waals surface area contributed by atoms with Crippen molar-refractivity contribution in [3.63, 3.8) is 0 Å². The van der Waals surface area contributed by atoms with Gasteiger partial charge in [-0.25, -0.2) is 0 Å². The third kappa shape index (κ3) is 1.04. The molecule has 46 valence electrons. The zero-order valence-electron chi connectivity index (χ0n) is 4.76. The summed E-state index contributed by atoms with van der Waals surface area (Å²) in [4.78, 5) is 0. The van der Waals surface area contributed by atoms with Gasteiger partial charge in [-0.3, -0.25) is 0 Å². The summed E-state index contributed by atoms with van der Waals surface area (Å²) in [6.45, 7) is 1.81. The molecule has 1 rings (SSSR count). The molecule has 0 saturated carbocycles. The molecule has 0 bridgehead atoms. The summed E-state index contributed by atoms with van der Waals surface area (Å²) in [5, 5.41) is 0.961. The predicted octanol–water partition coefficient (Wildman–Crippen LogP) is 2.45. The van der Waals surface area contributed by atoms with Crippen molar-refractivity contribution in [1.29, 1.82) is 0 Å². The van der Waals surface area contributed by atoms with Gasteiger partial charge in [0, 0.05) is 6.16 Å². The zero-order chi connectivity index (χ0) is 6.20. The van der Waals surface area contributed by atoms with Gasteiger partial charge in [-0.1, -0.05) is 15.5 Å². The second-order valence-electron chi connectivity index (χ2n) is 2.19. The second-order valence-corrected chi connectivity index (χ2v) is 7.36. The third-order valence-corrected chi connectivity index (χ3v) is 5.64. The Morgan fingerprint density at radius 2 is 2.38 bits per heavy atom. The average molecular weight is 148 g/mol. The van der Waals surface area contributed by atoms with Gasteiger partial charge in [0.1, 0.15) is 6.83 Å². The van der Waals surface area contributed by atoms with E-state index in [1.165, 1.54) is 0 Å². The lowest BCUT2D eigenvalue weighted by molar-refractivity contribution is 0.590. The van der Waals surface area contributed by atoms with Gasteiger partial charge < -0.3 is 4.57 Å². The van der Waals surface area contributed by atoms with Crippen molar-refractivity contribution in [1.82, 2.24) is 0 Å². The minimum atomic E-state index is -1.91. The number of rotatable bonds is 0. The lowest BCUT2D eigenvalue weighted by atomic mass is 10.3. The molecule has 1 heterocycles. The Hall–Kier alpha value is 0.400. The third-order valence-electron chi connectivity index (χ3n) is 1.49. The van der Waals surface area contributed by atoms with Crippen LogP contribution in [-0.4, -0.2) is 6.16 Å². The highest BCUT2D eigenvalue weighted by Gasteiger charge is 2.24. The minimum absolute atomic E-state index is 0.858. The van der Waals surface area contributed by atoms with Gasteiger partial charge >= 0.3 is 0 Å². The molecule has 2 atom stereocenters. The monoisotopic (exact) mass is 148 g/mol. The summed E-state index contributed by atoms with van der Waals surface area (Å²) in [6, 6.07) is 0. The normalized spacial score (nSPS) is 38.4. The van der Waals surface area contributed by atoms with E-state index < -0.39 is 6.83 Å². The zero-order valence-corrected chi connectivity index (χ0v) is 6.81. The molecule has 1 aliphatic rings. The van der Waals surface area contributed by atoms with Gasteiger partial charge in [0.25, 0.3) is 0 Å². The quantitative estimate of drug-likeness (QED) is 0.482. The molecule has 0 spiro atoms. The molecule has 8 heavy (non-hydrogen) atoms. The lowest BCUT2D eigenvalue weighted by Gasteiger charge is -2.01. The Labute approximate surface area is 52.0 Å². The molecular formula is C5H10OP2. The highest BCUT2D eigenvalue weighted by molar-refractivity contribution is 8.19. The van der Waals surface area contributed by atoms with Crippen molar-refractivity contribution < 1.29 is 4.57 Å². The minimum Gasteiger partial charge on any atom is -0.315 e. The Morgan fingerprint density at radius 1 is 1.75 bits per heavy atom. The first-order chi connectivity index (χ1) is 3.63. The van der Waals surface area contributed by atoms with Crippen LogP contribution in [0.15, 0.2) is 11.9 Å². The van der Waals surface area contributed by atoms with Crippen LogP contribution in [0.3, 0.4) is 0 Å². The Kier molecular flexibility index (Phi) is 1.61. The highest BCUT2D eigenvalue weighted by atomic mass is 32.0. The number of hydrogen-bond donors (Lipinski definition) is 0. The fourth-order valence-corrected chi connectivity index (χ4v) is 3.28. The van der Waals surface area contributed by atoms with E-state index in [1.807, 2.05) is 0 Å². The second kappa shape index (κ2) is 1.97. The van der Waals surface area contributed by atoms with E-state index in [1.54, 1.807) is 0 Å². The van der Waals surface area contributed by atoms with Gasteiger partial charge in [-0.05, 0) is 18.2 Å². The molecule has 0 aromatic heterocycles. The molecule has 0 radical (unpaired) electrons. The van der Waals surface area contributed by atoms with Gasteiger partial charge in [0.15, 0.2) is 0 Å². The van der Waals surface area contributed by atoms with E-state index in [9.17, 15) is 4.57 Å². The van der Waals surface area contributed by atoms with E-state index >= 15 is 0 Å². The highest BCUT2D eigenvalue weighted by Crippen LogP contribution is 2.66. The lowest BCUT2D eigenvalue weighted by Crippen LogP contribution is -1.65. The maximum absolute atomic E-state index is 11.2. The number of allylic oxidation sites excluding steroid dienone is 1. The molecule has 1 saturated heterocycles. The van der Waals surface area contributed by atoms with Crippen molar-refractivity contribution in [2.24, 2.45) is 0 Å². The summed E-state index contributed by atoms with van der Waals surface area (Å²) in [6.07, 6.45) is 2.90. The Morgan fingerprint density at radius 3 is 2.50 bits per heavy atom. The largest absolute Gasteiger partial charge is 0.315 e. The summed E-state index contributed by atoms with van der Waals surface area (Å²) in [5.41, 5.74) is 0. The van der Waals surface area contributed by atoms with E-state index in [4.69, 9.17) is 0 Å². The molecule has 0 amide bonds. The molecular weight excluding hydrogens is 138 g/mol. The van der Waals surface area contributed by atoms with E-state index in [2.05, 4.69) is 15.5 Å². The maximum atomic E-state index is 11.2. The molecule has 0 aromatic carbocycles. The summed E-state index contributed by atoms with van der Waals surface area (Å²) < 4.78 is 11.2. The molecule has 1 aliphatic heterocycles. The van der Waals surface area contributed by atoms with Crippen molar-refractivity contribution in [3.05, 3.63) is 11.9 Å². The molecule has 0 aliphatic carbocycles. The van der Waals surface area contributed by atoms with Crippen molar-refractivity contribution >= 4 is 15.8 Å². The first-order valence-electron chi connectivity index (χ1n) is 2.69. The SMILES string of the molecule is C=C1CCC[P@]1(=O)P. The van der Waals surface area contributed by atoms with Crippen LogP contribution in [0.5, 0.6) is 0 Å². The molecule has 0 aromatic rings. The molecule has 1 unspecified atom stereocenters. The topological polar surface area (TPSA) is 17.1 Å². The van der Waals surface area contributed by atoms with Gasteiger partial charge in [-0.2, -0.15) is 0 Å². The van der Waals surface area contributed by atoms with E-state index in [0.717, 1.165) is 24.3 Å². The fourth-order valence-electron chi connectivity index (χ4n) is 0.865. The summed E-state index contributed by atoms with van der Waals surface area (Å²) >= 11 is 0. The summed E-state index contributed by atoms with van der Waals surface area (Å²) in [7, 11) is 2.43. The maximum Gasteiger partial charge on any atom is 0.125 e. The van der Waals surface area contributed by atoms with Gasteiger partial charge in [0.05, 0.1) is 0 Å². The fraction of sp³-hybridized carbons (Fsp3) is 0.600. The van der Waals surface area contributed by atoms with Crippen LogP contribution >= 0.6 is 15.8 Å². The van der Waals surface area contributed by atoms with Crippen LogP contribution in [0, 0.1) is 0 Å². The van der Waals surface area contributed by atoms with Crippen molar-refractivity contribution in [2.45, 2.75) is 12.8 Å². The Balaban J connectivity index is 2.84. The average Bonchev–Trinajstić information content (AvgIpc) is 1.86. The predicted molar refractivity (Wildman–Crippen MR) is 40.6 cm³/mol. The molecule has 1 nitrogen and oxygen atoms in total.